The Morgan fingerprint density at radius 3 is 2.55 bits per heavy atom. The zero-order chi connectivity index (χ0) is 8.91. The number of methoxy groups -OCH3 is 1. The van der Waals surface area contributed by atoms with Gasteiger partial charge in [-0.05, 0) is 6.92 Å². The van der Waals surface area contributed by atoms with Crippen molar-refractivity contribution in [2.75, 3.05) is 18.9 Å². The lowest BCUT2D eigenvalue weighted by Gasteiger charge is -2.10. The molecule has 0 saturated heterocycles. The molecule has 0 aromatic heterocycles. The van der Waals surface area contributed by atoms with Crippen molar-refractivity contribution < 1.29 is 13.2 Å². The molecule has 6 heteroatoms. The Labute approximate surface area is 71.9 Å². The topological polar surface area (TPSA) is 55.4 Å². The molecule has 0 heterocycles. The van der Waals surface area contributed by atoms with E-state index in [4.69, 9.17) is 16.3 Å². The largest absolute Gasteiger partial charge is 0.383 e. The first-order chi connectivity index (χ1) is 5.02. The van der Waals surface area contributed by atoms with Gasteiger partial charge in [0.15, 0.2) is 0 Å². The van der Waals surface area contributed by atoms with E-state index in [9.17, 15) is 8.42 Å². The molecule has 1 unspecified atom stereocenters. The lowest BCUT2D eigenvalue weighted by atomic mass is 10.4. The lowest BCUT2D eigenvalue weighted by Crippen LogP contribution is -2.36. The molecule has 0 aliphatic rings. The van der Waals surface area contributed by atoms with Gasteiger partial charge in [0, 0.05) is 13.2 Å². The van der Waals surface area contributed by atoms with E-state index in [2.05, 4.69) is 4.72 Å². The highest BCUT2D eigenvalue weighted by atomic mass is 35.5. The highest BCUT2D eigenvalue weighted by Gasteiger charge is 2.11. The van der Waals surface area contributed by atoms with E-state index < -0.39 is 15.2 Å². The van der Waals surface area contributed by atoms with Gasteiger partial charge in [-0.2, -0.15) is 0 Å². The van der Waals surface area contributed by atoms with Crippen molar-refractivity contribution in [1.29, 1.82) is 0 Å². The van der Waals surface area contributed by atoms with E-state index in [1.54, 1.807) is 6.92 Å². The number of ether oxygens (including phenoxy) is 1. The van der Waals surface area contributed by atoms with Gasteiger partial charge >= 0.3 is 0 Å². The number of nitrogens with one attached hydrogen (secondary N) is 1. The zero-order valence-corrected chi connectivity index (χ0v) is 8.07. The molecule has 0 aromatic carbocycles. The summed E-state index contributed by atoms with van der Waals surface area (Å²) in [6.07, 6.45) is 0. The summed E-state index contributed by atoms with van der Waals surface area (Å²) in [5, 5.41) is -0.416. The van der Waals surface area contributed by atoms with Gasteiger partial charge in [0.1, 0.15) is 5.21 Å². The quantitative estimate of drug-likeness (QED) is 0.644. The second kappa shape index (κ2) is 4.92. The van der Waals surface area contributed by atoms with Gasteiger partial charge in [0.05, 0.1) is 6.61 Å². The Balaban J connectivity index is 3.84. The summed E-state index contributed by atoms with van der Waals surface area (Å²) in [7, 11) is -1.80. The predicted molar refractivity (Wildman–Crippen MR) is 44.1 cm³/mol. The van der Waals surface area contributed by atoms with Crippen LogP contribution in [0.25, 0.3) is 0 Å². The minimum atomic E-state index is -3.31. The van der Waals surface area contributed by atoms with Crippen molar-refractivity contribution in [3.8, 4) is 0 Å². The Kier molecular flexibility index (Phi) is 4.99. The molecule has 0 aliphatic heterocycles. The van der Waals surface area contributed by atoms with Gasteiger partial charge < -0.3 is 4.74 Å². The third-order valence-electron chi connectivity index (χ3n) is 0.941. The maximum atomic E-state index is 10.8. The van der Waals surface area contributed by atoms with Crippen LogP contribution in [0.4, 0.5) is 0 Å². The molecule has 0 amide bonds. The van der Waals surface area contributed by atoms with Crippen LogP contribution in [-0.2, 0) is 14.8 Å². The second-order valence-corrected chi connectivity index (χ2v) is 4.54. The maximum Gasteiger partial charge on any atom is 0.225 e. The van der Waals surface area contributed by atoms with Gasteiger partial charge in [0.2, 0.25) is 10.0 Å². The minimum Gasteiger partial charge on any atom is -0.383 e. The molecule has 0 bridgehead atoms. The molecule has 11 heavy (non-hydrogen) atoms. The van der Waals surface area contributed by atoms with Gasteiger partial charge in [-0.1, -0.05) is 0 Å². The number of alkyl halides is 1. The average molecular weight is 202 g/mol. The molecule has 4 nitrogen and oxygen atoms in total. The highest BCUT2D eigenvalue weighted by Crippen LogP contribution is 1.91. The monoisotopic (exact) mass is 201 g/mol. The van der Waals surface area contributed by atoms with E-state index in [0.29, 0.717) is 6.61 Å². The van der Waals surface area contributed by atoms with Crippen LogP contribution in [0.5, 0.6) is 0 Å². The maximum absolute atomic E-state index is 10.8. The first-order valence-corrected chi connectivity index (χ1v) is 5.25. The van der Waals surface area contributed by atoms with Crippen LogP contribution in [0.1, 0.15) is 6.92 Å². The van der Waals surface area contributed by atoms with E-state index in [1.165, 1.54) is 7.11 Å². The van der Waals surface area contributed by atoms with Crippen LogP contribution < -0.4 is 4.72 Å². The molecule has 0 aromatic rings. The molecule has 1 N–H and O–H groups in total. The SMILES string of the molecule is COCC(C)NS(=O)(=O)CCl. The fraction of sp³-hybridized carbons (Fsp3) is 1.00. The van der Waals surface area contributed by atoms with E-state index >= 15 is 0 Å². The van der Waals surface area contributed by atoms with Crippen LogP contribution in [0, 0.1) is 0 Å². The summed E-state index contributed by atoms with van der Waals surface area (Å²) in [6, 6.07) is -0.233. The van der Waals surface area contributed by atoms with Gasteiger partial charge in [0.25, 0.3) is 0 Å². The molecular formula is C5H12ClNO3S. The number of hydrogen-bond acceptors (Lipinski definition) is 3. The summed E-state index contributed by atoms with van der Waals surface area (Å²) < 4.78 is 28.6. The molecule has 68 valence electrons. The van der Waals surface area contributed by atoms with Crippen LogP contribution in [0.3, 0.4) is 0 Å². The lowest BCUT2D eigenvalue weighted by molar-refractivity contribution is 0.180. The van der Waals surface area contributed by atoms with E-state index in [1.807, 2.05) is 0 Å². The van der Waals surface area contributed by atoms with Gasteiger partial charge in [-0.15, -0.1) is 11.6 Å². The van der Waals surface area contributed by atoms with Crippen LogP contribution in [-0.4, -0.2) is 33.4 Å². The van der Waals surface area contributed by atoms with Crippen molar-refractivity contribution in [1.82, 2.24) is 4.72 Å². The number of hydrogen-bond donors (Lipinski definition) is 1. The van der Waals surface area contributed by atoms with Crippen molar-refractivity contribution in [2.45, 2.75) is 13.0 Å². The summed E-state index contributed by atoms with van der Waals surface area (Å²) in [5.41, 5.74) is 0. The predicted octanol–water partition coefficient (Wildman–Crippen LogP) is 0.137. The van der Waals surface area contributed by atoms with Crippen molar-refractivity contribution in [3.05, 3.63) is 0 Å². The smallest absolute Gasteiger partial charge is 0.225 e. The Hall–Kier alpha value is 0.160. The van der Waals surface area contributed by atoms with Crippen LogP contribution in [0.15, 0.2) is 0 Å². The third-order valence-corrected chi connectivity index (χ3v) is 2.85. The highest BCUT2D eigenvalue weighted by molar-refractivity contribution is 7.90. The standard InChI is InChI=1S/C5H12ClNO3S/c1-5(3-10-2)7-11(8,9)4-6/h5,7H,3-4H2,1-2H3. The summed E-state index contributed by atoms with van der Waals surface area (Å²) in [4.78, 5) is 0. The summed E-state index contributed by atoms with van der Waals surface area (Å²) >= 11 is 5.15. The minimum absolute atomic E-state index is 0.233. The summed E-state index contributed by atoms with van der Waals surface area (Å²) in [5.74, 6) is 0. The molecule has 0 fully saturated rings. The van der Waals surface area contributed by atoms with Crippen LogP contribution in [0.2, 0.25) is 0 Å². The molecular weight excluding hydrogens is 190 g/mol. The fourth-order valence-corrected chi connectivity index (χ4v) is 1.56. The van der Waals surface area contributed by atoms with Crippen molar-refractivity contribution >= 4 is 21.6 Å². The molecule has 1 atom stereocenters. The molecule has 0 rings (SSSR count). The molecule has 0 aliphatic carbocycles. The molecule has 0 radical (unpaired) electrons. The van der Waals surface area contributed by atoms with E-state index in [-0.39, 0.29) is 6.04 Å². The normalized spacial score (nSPS) is 14.8. The second-order valence-electron chi connectivity index (χ2n) is 2.20. The van der Waals surface area contributed by atoms with Crippen molar-refractivity contribution in [2.24, 2.45) is 0 Å². The Bertz CT molecular complexity index is 192. The zero-order valence-electron chi connectivity index (χ0n) is 6.50. The Morgan fingerprint density at radius 1 is 1.64 bits per heavy atom. The summed E-state index contributed by atoms with van der Waals surface area (Å²) in [6.45, 7) is 2.05. The van der Waals surface area contributed by atoms with Gasteiger partial charge in [-0.25, -0.2) is 13.1 Å². The van der Waals surface area contributed by atoms with Gasteiger partial charge in [-0.3, -0.25) is 0 Å². The molecule has 0 saturated carbocycles. The first kappa shape index (κ1) is 11.2. The van der Waals surface area contributed by atoms with Crippen molar-refractivity contribution in [3.63, 3.8) is 0 Å². The van der Waals surface area contributed by atoms with Crippen LogP contribution >= 0.6 is 11.6 Å². The van der Waals surface area contributed by atoms with E-state index in [0.717, 1.165) is 0 Å². The first-order valence-electron chi connectivity index (χ1n) is 3.06. The average Bonchev–Trinajstić information content (AvgIpc) is 1.87. The molecule has 0 spiro atoms. The third kappa shape index (κ3) is 5.43. The fourth-order valence-electron chi connectivity index (χ4n) is 0.622. The Morgan fingerprint density at radius 2 is 2.18 bits per heavy atom. The number of sulfonamides is 1. The number of rotatable bonds is 5. The number of halogens is 1.